The van der Waals surface area contributed by atoms with E-state index in [-0.39, 0.29) is 6.73 Å². The third-order valence-electron chi connectivity index (χ3n) is 3.98. The van der Waals surface area contributed by atoms with E-state index in [0.717, 1.165) is 0 Å². The molecule has 0 saturated carbocycles. The second-order valence-corrected chi connectivity index (χ2v) is 5.27. The molecule has 2 aromatic rings. The van der Waals surface area contributed by atoms with Crippen molar-refractivity contribution in [2.24, 2.45) is 0 Å². The largest absolute Gasteiger partial charge is 0.396 e. The molecule has 0 aliphatic carbocycles. The second kappa shape index (κ2) is 4.82. The van der Waals surface area contributed by atoms with Crippen LogP contribution in [0.5, 0.6) is 0 Å². The first-order valence-electron chi connectivity index (χ1n) is 7.09. The fourth-order valence-corrected chi connectivity index (χ4v) is 3.01. The first-order chi connectivity index (χ1) is 11.2. The molecule has 1 spiro atoms. The molecule has 2 heterocycles. The summed E-state index contributed by atoms with van der Waals surface area (Å²) in [5.41, 5.74) is 1.86. The second-order valence-electron chi connectivity index (χ2n) is 5.27. The number of fused-ring (bicyclic) bond motifs is 3. The molecule has 23 heavy (non-hydrogen) atoms. The predicted octanol–water partition coefficient (Wildman–Crippen LogP) is 2.25. The Kier molecular flexibility index (Phi) is 2.89. The van der Waals surface area contributed by atoms with Crippen LogP contribution in [0.4, 0.5) is 5.69 Å². The van der Waals surface area contributed by atoms with Crippen LogP contribution < -0.4 is 4.90 Å². The minimum absolute atomic E-state index is 0.0892. The maximum absolute atomic E-state index is 12.4. The summed E-state index contributed by atoms with van der Waals surface area (Å²) >= 11 is 0. The monoisotopic (exact) mass is 311 g/mol. The van der Waals surface area contributed by atoms with Crippen molar-refractivity contribution in [3.8, 4) is 0 Å². The molecule has 6 nitrogen and oxygen atoms in total. The number of ether oxygens (including phenoxy) is 3. The lowest BCUT2D eigenvalue weighted by molar-refractivity contribution is -0.178. The zero-order valence-corrected chi connectivity index (χ0v) is 12.3. The van der Waals surface area contributed by atoms with Crippen LogP contribution in [0.1, 0.15) is 26.3 Å². The average molecular weight is 311 g/mol. The number of anilines is 1. The van der Waals surface area contributed by atoms with E-state index in [2.05, 4.69) is 0 Å². The van der Waals surface area contributed by atoms with Crippen LogP contribution in [-0.2, 0) is 20.1 Å². The molecule has 6 heteroatoms. The van der Waals surface area contributed by atoms with Gasteiger partial charge < -0.3 is 14.2 Å². The fraction of sp³-hybridized carbons (Fsp3) is 0.176. The van der Waals surface area contributed by atoms with Gasteiger partial charge in [0.1, 0.15) is 6.73 Å². The van der Waals surface area contributed by atoms with Gasteiger partial charge >= 0.3 is 17.8 Å². The van der Waals surface area contributed by atoms with Crippen molar-refractivity contribution in [3.63, 3.8) is 0 Å². The molecule has 4 rings (SSSR count). The Labute approximate surface area is 132 Å². The third kappa shape index (κ3) is 1.78. The Morgan fingerprint density at radius 3 is 2.30 bits per heavy atom. The highest BCUT2D eigenvalue weighted by Gasteiger charge is 2.57. The molecule has 0 fully saturated rings. The molecule has 1 atom stereocenters. The van der Waals surface area contributed by atoms with Gasteiger partial charge in [-0.15, -0.1) is 0 Å². The minimum Gasteiger partial charge on any atom is -0.396 e. The average Bonchev–Trinajstić information content (AvgIpc) is 2.85. The van der Waals surface area contributed by atoms with Crippen LogP contribution in [-0.4, -0.2) is 25.8 Å². The molecule has 0 saturated heterocycles. The zero-order chi connectivity index (χ0) is 16.0. The predicted molar refractivity (Wildman–Crippen MR) is 79.7 cm³/mol. The van der Waals surface area contributed by atoms with Crippen molar-refractivity contribution in [2.45, 2.75) is 5.91 Å². The van der Waals surface area contributed by atoms with Crippen LogP contribution in [0.2, 0.25) is 0 Å². The van der Waals surface area contributed by atoms with E-state index in [1.807, 2.05) is 0 Å². The molecule has 2 aliphatic heterocycles. The normalized spacial score (nSPS) is 21.7. The van der Waals surface area contributed by atoms with E-state index >= 15 is 0 Å². The van der Waals surface area contributed by atoms with Gasteiger partial charge in [-0.3, -0.25) is 4.90 Å². The summed E-state index contributed by atoms with van der Waals surface area (Å²) < 4.78 is 16.4. The van der Waals surface area contributed by atoms with Crippen molar-refractivity contribution in [1.82, 2.24) is 0 Å². The highest BCUT2D eigenvalue weighted by molar-refractivity contribution is 6.01. The van der Waals surface area contributed by atoms with Gasteiger partial charge in [0.15, 0.2) is 0 Å². The van der Waals surface area contributed by atoms with E-state index < -0.39 is 17.8 Å². The lowest BCUT2D eigenvalue weighted by atomic mass is 10.0. The summed E-state index contributed by atoms with van der Waals surface area (Å²) in [6.07, 6.45) is 0. The summed E-state index contributed by atoms with van der Waals surface area (Å²) in [6.45, 7) is 0.0892. The van der Waals surface area contributed by atoms with Crippen molar-refractivity contribution in [2.75, 3.05) is 18.7 Å². The number of para-hydroxylation sites is 1. The number of nitrogens with zero attached hydrogens (tertiary/aromatic N) is 1. The summed E-state index contributed by atoms with van der Waals surface area (Å²) in [4.78, 5) is 26.3. The Bertz CT molecular complexity index is 818. The molecule has 1 unspecified atom stereocenters. The SMILES string of the molecule is COCN1c2ccccc2C(=O)OC12OC(=O)c1ccccc12. The molecular weight excluding hydrogens is 298 g/mol. The van der Waals surface area contributed by atoms with Gasteiger partial charge in [0.2, 0.25) is 0 Å². The molecule has 0 bridgehead atoms. The molecule has 2 aliphatic rings. The number of esters is 2. The van der Waals surface area contributed by atoms with E-state index in [4.69, 9.17) is 14.2 Å². The Hall–Kier alpha value is -2.86. The van der Waals surface area contributed by atoms with Crippen LogP contribution in [0.3, 0.4) is 0 Å². The molecular formula is C17H13NO5. The number of carbonyl (C=O) groups is 2. The lowest BCUT2D eigenvalue weighted by Gasteiger charge is -2.42. The number of benzene rings is 2. The van der Waals surface area contributed by atoms with Crippen LogP contribution >= 0.6 is 0 Å². The molecule has 0 aromatic heterocycles. The summed E-state index contributed by atoms with van der Waals surface area (Å²) in [5.74, 6) is -2.71. The fourth-order valence-electron chi connectivity index (χ4n) is 3.01. The first-order valence-corrected chi connectivity index (χ1v) is 7.09. The number of hydrogen-bond acceptors (Lipinski definition) is 6. The third-order valence-corrected chi connectivity index (χ3v) is 3.98. The number of rotatable bonds is 2. The number of carbonyl (C=O) groups excluding carboxylic acids is 2. The van der Waals surface area contributed by atoms with Gasteiger partial charge in [-0.25, -0.2) is 9.59 Å². The van der Waals surface area contributed by atoms with Gasteiger partial charge in [0.25, 0.3) is 0 Å². The lowest BCUT2D eigenvalue weighted by Crippen LogP contribution is -2.54. The molecule has 116 valence electrons. The summed E-state index contributed by atoms with van der Waals surface area (Å²) in [6, 6.07) is 13.8. The Morgan fingerprint density at radius 2 is 1.57 bits per heavy atom. The molecule has 0 N–H and O–H groups in total. The quantitative estimate of drug-likeness (QED) is 0.793. The van der Waals surface area contributed by atoms with Gasteiger partial charge in [-0.2, -0.15) is 0 Å². The maximum Gasteiger partial charge on any atom is 0.374 e. The van der Waals surface area contributed by atoms with E-state index in [1.165, 1.54) is 7.11 Å². The smallest absolute Gasteiger partial charge is 0.374 e. The maximum atomic E-state index is 12.4. The molecule has 0 amide bonds. The van der Waals surface area contributed by atoms with Gasteiger partial charge in [0, 0.05) is 7.11 Å². The van der Waals surface area contributed by atoms with Crippen LogP contribution in [0.25, 0.3) is 0 Å². The Balaban J connectivity index is 1.96. The van der Waals surface area contributed by atoms with Crippen molar-refractivity contribution in [1.29, 1.82) is 0 Å². The van der Waals surface area contributed by atoms with E-state index in [9.17, 15) is 9.59 Å². The first kappa shape index (κ1) is 13.8. The zero-order valence-electron chi connectivity index (χ0n) is 12.3. The number of hydrogen-bond donors (Lipinski definition) is 0. The molecule has 0 radical (unpaired) electrons. The van der Waals surface area contributed by atoms with Crippen molar-refractivity contribution >= 4 is 17.6 Å². The minimum atomic E-state index is -1.63. The van der Waals surface area contributed by atoms with Crippen molar-refractivity contribution in [3.05, 3.63) is 65.2 Å². The highest BCUT2D eigenvalue weighted by atomic mass is 16.8. The molecule has 2 aromatic carbocycles. The van der Waals surface area contributed by atoms with Crippen LogP contribution in [0.15, 0.2) is 48.5 Å². The number of methoxy groups -OCH3 is 1. The van der Waals surface area contributed by atoms with Gasteiger partial charge in [-0.1, -0.05) is 24.3 Å². The van der Waals surface area contributed by atoms with Gasteiger partial charge in [0.05, 0.1) is 22.4 Å². The highest BCUT2D eigenvalue weighted by Crippen LogP contribution is 2.46. The Morgan fingerprint density at radius 1 is 0.957 bits per heavy atom. The topological polar surface area (TPSA) is 65.1 Å². The summed E-state index contributed by atoms with van der Waals surface area (Å²) in [7, 11) is 1.52. The van der Waals surface area contributed by atoms with E-state index in [1.54, 1.807) is 53.4 Å². The van der Waals surface area contributed by atoms with E-state index in [0.29, 0.717) is 22.4 Å². The van der Waals surface area contributed by atoms with Crippen LogP contribution in [0, 0.1) is 0 Å². The summed E-state index contributed by atoms with van der Waals surface area (Å²) in [5, 5.41) is 0. The van der Waals surface area contributed by atoms with Gasteiger partial charge in [-0.05, 0) is 24.3 Å². The van der Waals surface area contributed by atoms with Crippen molar-refractivity contribution < 1.29 is 23.8 Å². The standard InChI is InChI=1S/C17H13NO5/c1-21-10-18-14-9-5-3-7-12(14)16(20)23-17(18)13-8-4-2-6-11(13)15(19)22-17/h2-9H,10H2,1H3.